The number of hydrogen-bond acceptors (Lipinski definition) is 3. The third-order valence-corrected chi connectivity index (χ3v) is 4.18. The van der Waals surface area contributed by atoms with Gasteiger partial charge in [0.2, 0.25) is 0 Å². The smallest absolute Gasteiger partial charge is 0.311 e. The zero-order valence-electron chi connectivity index (χ0n) is 12.1. The number of nitrogens with zero attached hydrogens (tertiary/aromatic N) is 2. The van der Waals surface area contributed by atoms with E-state index < -0.39 is 17.2 Å². The molecule has 1 aliphatic rings. The van der Waals surface area contributed by atoms with E-state index in [-0.39, 0.29) is 5.56 Å². The van der Waals surface area contributed by atoms with Crippen LogP contribution in [-0.2, 0) is 4.79 Å². The van der Waals surface area contributed by atoms with Crippen molar-refractivity contribution in [1.29, 1.82) is 5.26 Å². The van der Waals surface area contributed by atoms with E-state index in [2.05, 4.69) is 0 Å². The summed E-state index contributed by atoms with van der Waals surface area (Å²) in [5, 5.41) is 18.4. The highest BCUT2D eigenvalue weighted by Gasteiger charge is 2.42. The third kappa shape index (κ3) is 2.99. The molecule has 1 unspecified atom stereocenters. The van der Waals surface area contributed by atoms with Gasteiger partial charge in [-0.25, -0.2) is 4.39 Å². The van der Waals surface area contributed by atoms with Crippen molar-refractivity contribution in [3.8, 4) is 6.07 Å². The number of rotatable bonds is 4. The maximum Gasteiger partial charge on any atom is 0.311 e. The van der Waals surface area contributed by atoms with E-state index in [1.165, 1.54) is 6.07 Å². The molecule has 1 atom stereocenters. The maximum absolute atomic E-state index is 14.1. The van der Waals surface area contributed by atoms with Gasteiger partial charge in [-0.1, -0.05) is 13.3 Å². The van der Waals surface area contributed by atoms with Crippen LogP contribution in [0.3, 0.4) is 0 Å². The molecule has 4 nitrogen and oxygen atoms in total. The average molecular weight is 290 g/mol. The molecule has 1 heterocycles. The SMILES string of the molecule is CCCC1(C(=O)O)CCCN(c2ccc(C#N)cc2F)C1. The van der Waals surface area contributed by atoms with Crippen LogP contribution in [0.15, 0.2) is 18.2 Å². The van der Waals surface area contributed by atoms with E-state index >= 15 is 0 Å². The first kappa shape index (κ1) is 15.3. The highest BCUT2D eigenvalue weighted by Crippen LogP contribution is 2.37. The number of nitriles is 1. The Balaban J connectivity index is 2.29. The topological polar surface area (TPSA) is 64.3 Å². The summed E-state index contributed by atoms with van der Waals surface area (Å²) in [5.41, 5.74) is -0.144. The Kier molecular flexibility index (Phi) is 4.46. The second-order valence-corrected chi connectivity index (χ2v) is 5.64. The highest BCUT2D eigenvalue weighted by atomic mass is 19.1. The molecule has 1 saturated heterocycles. The monoisotopic (exact) mass is 290 g/mol. The Morgan fingerprint density at radius 3 is 2.90 bits per heavy atom. The number of piperidine rings is 1. The van der Waals surface area contributed by atoms with Crippen LogP contribution in [0.1, 0.15) is 38.2 Å². The van der Waals surface area contributed by atoms with Crippen LogP contribution in [0, 0.1) is 22.6 Å². The Labute approximate surface area is 123 Å². The Hall–Kier alpha value is -2.09. The van der Waals surface area contributed by atoms with Crippen molar-refractivity contribution in [3.05, 3.63) is 29.6 Å². The first-order valence-electron chi connectivity index (χ1n) is 7.20. The molecule has 0 spiro atoms. The third-order valence-electron chi connectivity index (χ3n) is 4.18. The summed E-state index contributed by atoms with van der Waals surface area (Å²) in [6.45, 7) is 2.92. The molecule has 0 aliphatic carbocycles. The normalized spacial score (nSPS) is 21.9. The molecule has 1 aliphatic heterocycles. The zero-order chi connectivity index (χ0) is 15.5. The summed E-state index contributed by atoms with van der Waals surface area (Å²) in [5.74, 6) is -1.27. The van der Waals surface area contributed by atoms with Crippen LogP contribution in [-0.4, -0.2) is 24.2 Å². The van der Waals surface area contributed by atoms with E-state index in [9.17, 15) is 14.3 Å². The molecule has 1 aromatic carbocycles. The summed E-state index contributed by atoms with van der Waals surface area (Å²) < 4.78 is 14.1. The molecular weight excluding hydrogens is 271 g/mol. The van der Waals surface area contributed by atoms with Crippen LogP contribution < -0.4 is 4.90 Å². The van der Waals surface area contributed by atoms with Gasteiger partial charge < -0.3 is 10.0 Å². The first-order chi connectivity index (χ1) is 10.0. The van der Waals surface area contributed by atoms with Crippen molar-refractivity contribution in [1.82, 2.24) is 0 Å². The van der Waals surface area contributed by atoms with Gasteiger partial charge in [-0.05, 0) is 37.5 Å². The fourth-order valence-corrected chi connectivity index (χ4v) is 3.13. The molecule has 21 heavy (non-hydrogen) atoms. The molecule has 1 aromatic rings. The van der Waals surface area contributed by atoms with Gasteiger partial charge in [0.05, 0.1) is 22.7 Å². The molecule has 0 aromatic heterocycles. The Morgan fingerprint density at radius 2 is 2.33 bits per heavy atom. The Morgan fingerprint density at radius 1 is 1.57 bits per heavy atom. The molecule has 112 valence electrons. The largest absolute Gasteiger partial charge is 0.481 e. The summed E-state index contributed by atoms with van der Waals surface area (Å²) in [6.07, 6.45) is 2.74. The average Bonchev–Trinajstić information content (AvgIpc) is 2.47. The first-order valence-corrected chi connectivity index (χ1v) is 7.20. The van der Waals surface area contributed by atoms with Crippen LogP contribution in [0.4, 0.5) is 10.1 Å². The van der Waals surface area contributed by atoms with Crippen LogP contribution in [0.2, 0.25) is 0 Å². The lowest BCUT2D eigenvalue weighted by molar-refractivity contribution is -0.150. The van der Waals surface area contributed by atoms with Crippen molar-refractivity contribution in [2.75, 3.05) is 18.0 Å². The van der Waals surface area contributed by atoms with Gasteiger partial charge >= 0.3 is 5.97 Å². The predicted molar refractivity (Wildman–Crippen MR) is 77.5 cm³/mol. The van der Waals surface area contributed by atoms with Crippen molar-refractivity contribution < 1.29 is 14.3 Å². The maximum atomic E-state index is 14.1. The number of anilines is 1. The molecule has 0 bridgehead atoms. The van der Waals surface area contributed by atoms with E-state index in [0.29, 0.717) is 31.6 Å². The molecule has 2 rings (SSSR count). The molecule has 5 heteroatoms. The van der Waals surface area contributed by atoms with Crippen molar-refractivity contribution >= 4 is 11.7 Å². The van der Waals surface area contributed by atoms with Gasteiger partial charge in [-0.3, -0.25) is 4.79 Å². The fraction of sp³-hybridized carbons (Fsp3) is 0.500. The number of hydrogen-bond donors (Lipinski definition) is 1. The van der Waals surface area contributed by atoms with E-state index in [1.54, 1.807) is 17.0 Å². The van der Waals surface area contributed by atoms with Gasteiger partial charge in [0.1, 0.15) is 5.82 Å². The number of aliphatic carboxylic acids is 1. The van der Waals surface area contributed by atoms with E-state index in [1.807, 2.05) is 13.0 Å². The summed E-state index contributed by atoms with van der Waals surface area (Å²) >= 11 is 0. The molecule has 1 fully saturated rings. The number of benzene rings is 1. The van der Waals surface area contributed by atoms with Crippen LogP contribution in [0.25, 0.3) is 0 Å². The van der Waals surface area contributed by atoms with Gasteiger partial charge in [-0.2, -0.15) is 5.26 Å². The Bertz CT molecular complexity index is 578. The minimum absolute atomic E-state index is 0.270. The van der Waals surface area contributed by atoms with Gasteiger partial charge in [0.25, 0.3) is 0 Å². The second kappa shape index (κ2) is 6.13. The lowest BCUT2D eigenvalue weighted by Crippen LogP contribution is -2.48. The van der Waals surface area contributed by atoms with E-state index in [4.69, 9.17) is 5.26 Å². The minimum Gasteiger partial charge on any atom is -0.481 e. The van der Waals surface area contributed by atoms with E-state index in [0.717, 1.165) is 12.8 Å². The zero-order valence-corrected chi connectivity index (χ0v) is 12.1. The van der Waals surface area contributed by atoms with Gasteiger partial charge in [0.15, 0.2) is 0 Å². The van der Waals surface area contributed by atoms with Crippen LogP contribution >= 0.6 is 0 Å². The standard InChI is InChI=1S/C16H19FN2O2/c1-2-6-16(15(20)21)7-3-8-19(11-16)14-5-4-12(10-18)9-13(14)17/h4-5,9H,2-3,6-8,11H2,1H3,(H,20,21). The second-order valence-electron chi connectivity index (χ2n) is 5.64. The van der Waals surface area contributed by atoms with Gasteiger partial charge in [0, 0.05) is 13.1 Å². The molecule has 1 N–H and O–H groups in total. The highest BCUT2D eigenvalue weighted by molar-refractivity contribution is 5.76. The number of carbonyl (C=O) groups is 1. The molecule has 0 amide bonds. The fourth-order valence-electron chi connectivity index (χ4n) is 3.13. The van der Waals surface area contributed by atoms with Crippen molar-refractivity contribution in [2.45, 2.75) is 32.6 Å². The number of carboxylic acid groups (broad SMARTS) is 1. The summed E-state index contributed by atoms with van der Waals surface area (Å²) in [4.78, 5) is 13.5. The number of carboxylic acids is 1. The summed E-state index contributed by atoms with van der Waals surface area (Å²) in [7, 11) is 0. The summed E-state index contributed by atoms with van der Waals surface area (Å²) in [6, 6.07) is 6.23. The van der Waals surface area contributed by atoms with Crippen LogP contribution in [0.5, 0.6) is 0 Å². The minimum atomic E-state index is -0.803. The predicted octanol–water partition coefficient (Wildman–Crippen LogP) is 3.17. The lowest BCUT2D eigenvalue weighted by atomic mass is 9.76. The van der Waals surface area contributed by atoms with Crippen molar-refractivity contribution in [3.63, 3.8) is 0 Å². The van der Waals surface area contributed by atoms with Crippen molar-refractivity contribution in [2.24, 2.45) is 5.41 Å². The van der Waals surface area contributed by atoms with Gasteiger partial charge in [-0.15, -0.1) is 0 Å². The molecule has 0 saturated carbocycles. The molecular formula is C16H19FN2O2. The lowest BCUT2D eigenvalue weighted by Gasteiger charge is -2.41. The quantitative estimate of drug-likeness (QED) is 0.925. The molecule has 0 radical (unpaired) electrons. The number of halogens is 1.